The van der Waals surface area contributed by atoms with E-state index < -0.39 is 0 Å². The molecule has 1 heterocycles. The molecule has 0 bridgehead atoms. The fourth-order valence-electron chi connectivity index (χ4n) is 3.24. The Balaban J connectivity index is 1.54. The zero-order valence-electron chi connectivity index (χ0n) is 15.5. The summed E-state index contributed by atoms with van der Waals surface area (Å²) in [5.41, 5.74) is 3.29. The van der Waals surface area contributed by atoms with Crippen molar-refractivity contribution in [1.29, 1.82) is 0 Å². The van der Waals surface area contributed by atoms with Crippen LogP contribution in [0.5, 0.6) is 5.75 Å². The highest BCUT2D eigenvalue weighted by molar-refractivity contribution is 7.97. The van der Waals surface area contributed by atoms with Crippen molar-refractivity contribution in [2.24, 2.45) is 0 Å². The van der Waals surface area contributed by atoms with Gasteiger partial charge in [-0.2, -0.15) is 11.8 Å². The maximum absolute atomic E-state index is 12.8. The fraction of sp³-hybridized carbons (Fsp3) is 0.381. The Hall–Kier alpha value is -1.98. The molecule has 3 rings (SSSR count). The highest BCUT2D eigenvalue weighted by Gasteiger charge is 2.22. The van der Waals surface area contributed by atoms with Gasteiger partial charge < -0.3 is 9.64 Å². The Bertz CT molecular complexity index is 725. The first-order chi connectivity index (χ1) is 12.7. The van der Waals surface area contributed by atoms with Gasteiger partial charge in [0.15, 0.2) is 0 Å². The third-order valence-corrected chi connectivity index (χ3v) is 5.33. The third kappa shape index (κ3) is 4.80. The molecule has 1 saturated heterocycles. The van der Waals surface area contributed by atoms with Crippen molar-refractivity contribution in [3.05, 3.63) is 65.2 Å². The van der Waals surface area contributed by atoms with Gasteiger partial charge in [0.1, 0.15) is 5.75 Å². The molecule has 0 atom stereocenters. The molecular formula is C21H26N2O2S. The molecule has 0 N–H and O–H groups in total. The summed E-state index contributed by atoms with van der Waals surface area (Å²) in [7, 11) is 1.68. The number of nitrogens with zero attached hydrogens (tertiary/aromatic N) is 2. The number of amides is 1. The molecule has 0 aromatic heterocycles. The van der Waals surface area contributed by atoms with Crippen molar-refractivity contribution >= 4 is 17.7 Å². The van der Waals surface area contributed by atoms with Crippen LogP contribution in [0.1, 0.15) is 21.5 Å². The van der Waals surface area contributed by atoms with E-state index >= 15 is 0 Å². The van der Waals surface area contributed by atoms with Crippen molar-refractivity contribution in [3.63, 3.8) is 0 Å². The Morgan fingerprint density at radius 1 is 1.04 bits per heavy atom. The second-order valence-electron chi connectivity index (χ2n) is 6.55. The van der Waals surface area contributed by atoms with E-state index in [0.29, 0.717) is 0 Å². The summed E-state index contributed by atoms with van der Waals surface area (Å²) in [6.45, 7) is 4.28. The fourth-order valence-corrected chi connectivity index (χ4v) is 3.75. The van der Waals surface area contributed by atoms with E-state index in [1.807, 2.05) is 35.2 Å². The van der Waals surface area contributed by atoms with E-state index in [9.17, 15) is 4.79 Å². The highest BCUT2D eigenvalue weighted by atomic mass is 32.2. The second-order valence-corrected chi connectivity index (χ2v) is 7.42. The molecule has 0 unspecified atom stereocenters. The van der Waals surface area contributed by atoms with E-state index in [-0.39, 0.29) is 5.91 Å². The molecule has 4 nitrogen and oxygen atoms in total. The van der Waals surface area contributed by atoms with E-state index in [2.05, 4.69) is 29.4 Å². The molecule has 5 heteroatoms. The largest absolute Gasteiger partial charge is 0.497 e. The molecular weight excluding hydrogens is 344 g/mol. The number of rotatable bonds is 6. The average Bonchev–Trinajstić information content (AvgIpc) is 2.69. The van der Waals surface area contributed by atoms with Crippen LogP contribution >= 0.6 is 11.8 Å². The minimum atomic E-state index is 0.150. The van der Waals surface area contributed by atoms with Gasteiger partial charge in [0, 0.05) is 44.0 Å². The molecule has 2 aromatic rings. The summed E-state index contributed by atoms with van der Waals surface area (Å²) >= 11 is 1.77. The van der Waals surface area contributed by atoms with Crippen molar-refractivity contribution in [2.75, 3.05) is 39.5 Å². The SMILES string of the molecule is COc1ccc(CN2CCN(C(=O)c3cccc(CSC)c3)CC2)cc1. The summed E-state index contributed by atoms with van der Waals surface area (Å²) < 4.78 is 5.21. The van der Waals surface area contributed by atoms with Crippen molar-refractivity contribution in [3.8, 4) is 5.75 Å². The summed E-state index contributed by atoms with van der Waals surface area (Å²) in [5, 5.41) is 0. The lowest BCUT2D eigenvalue weighted by Crippen LogP contribution is -2.48. The smallest absolute Gasteiger partial charge is 0.253 e. The number of piperazine rings is 1. The first kappa shape index (κ1) is 18.8. The van der Waals surface area contributed by atoms with Gasteiger partial charge in [-0.15, -0.1) is 0 Å². The Morgan fingerprint density at radius 2 is 1.77 bits per heavy atom. The average molecular weight is 371 g/mol. The third-order valence-electron chi connectivity index (χ3n) is 4.71. The topological polar surface area (TPSA) is 32.8 Å². The van der Waals surface area contributed by atoms with Crippen LogP contribution in [0.3, 0.4) is 0 Å². The lowest BCUT2D eigenvalue weighted by atomic mass is 10.1. The molecule has 0 spiro atoms. The van der Waals surface area contributed by atoms with E-state index in [1.54, 1.807) is 18.9 Å². The van der Waals surface area contributed by atoms with Crippen LogP contribution in [0.15, 0.2) is 48.5 Å². The zero-order valence-corrected chi connectivity index (χ0v) is 16.3. The number of benzene rings is 2. The molecule has 0 radical (unpaired) electrons. The Morgan fingerprint density at radius 3 is 2.42 bits per heavy atom. The standard InChI is InChI=1S/C21H26N2O2S/c1-25-20-8-6-17(7-9-20)15-22-10-12-23(13-11-22)21(24)19-5-3-4-18(14-19)16-26-2/h3-9,14H,10-13,15-16H2,1-2H3. The van der Waals surface area contributed by atoms with Gasteiger partial charge >= 0.3 is 0 Å². The predicted octanol–water partition coefficient (Wildman–Crippen LogP) is 3.52. The van der Waals surface area contributed by atoms with Gasteiger partial charge in [0.2, 0.25) is 0 Å². The number of thioether (sulfide) groups is 1. The number of carbonyl (C=O) groups is 1. The second kappa shape index (κ2) is 9.10. The molecule has 138 valence electrons. The van der Waals surface area contributed by atoms with Crippen LogP contribution in [0, 0.1) is 0 Å². The summed E-state index contributed by atoms with van der Waals surface area (Å²) in [4.78, 5) is 17.2. The first-order valence-electron chi connectivity index (χ1n) is 8.92. The molecule has 26 heavy (non-hydrogen) atoms. The van der Waals surface area contributed by atoms with Gasteiger partial charge in [0.05, 0.1) is 7.11 Å². The highest BCUT2D eigenvalue weighted by Crippen LogP contribution is 2.16. The lowest BCUT2D eigenvalue weighted by molar-refractivity contribution is 0.0628. The van der Waals surface area contributed by atoms with Crippen LogP contribution in [-0.4, -0.2) is 55.3 Å². The number of hydrogen-bond acceptors (Lipinski definition) is 4. The van der Waals surface area contributed by atoms with Crippen molar-refractivity contribution in [1.82, 2.24) is 9.80 Å². The molecule has 1 amide bonds. The Labute approximate surface area is 160 Å². The normalized spacial score (nSPS) is 15.1. The Kier molecular flexibility index (Phi) is 6.58. The van der Waals surface area contributed by atoms with Crippen molar-refractivity contribution < 1.29 is 9.53 Å². The number of ether oxygens (including phenoxy) is 1. The van der Waals surface area contributed by atoms with Gasteiger partial charge in [0.25, 0.3) is 5.91 Å². The first-order valence-corrected chi connectivity index (χ1v) is 10.3. The van der Waals surface area contributed by atoms with Gasteiger partial charge in [-0.25, -0.2) is 0 Å². The van der Waals surface area contributed by atoms with E-state index in [1.165, 1.54) is 11.1 Å². The number of methoxy groups -OCH3 is 1. The number of hydrogen-bond donors (Lipinski definition) is 0. The van der Waals surface area contributed by atoms with Gasteiger partial charge in [-0.1, -0.05) is 24.3 Å². The minimum Gasteiger partial charge on any atom is -0.497 e. The molecule has 2 aromatic carbocycles. The predicted molar refractivity (Wildman–Crippen MR) is 108 cm³/mol. The molecule has 0 saturated carbocycles. The maximum Gasteiger partial charge on any atom is 0.253 e. The molecule has 1 aliphatic rings. The van der Waals surface area contributed by atoms with E-state index in [4.69, 9.17) is 4.74 Å². The zero-order chi connectivity index (χ0) is 18.4. The van der Waals surface area contributed by atoms with E-state index in [0.717, 1.165) is 49.8 Å². The van der Waals surface area contributed by atoms with Gasteiger partial charge in [-0.3, -0.25) is 9.69 Å². The summed E-state index contributed by atoms with van der Waals surface area (Å²) in [6, 6.07) is 16.2. The van der Waals surface area contributed by atoms with Gasteiger partial charge in [-0.05, 0) is 41.6 Å². The van der Waals surface area contributed by atoms with Crippen LogP contribution in [-0.2, 0) is 12.3 Å². The quantitative estimate of drug-likeness (QED) is 0.779. The maximum atomic E-state index is 12.8. The van der Waals surface area contributed by atoms with Crippen LogP contribution in [0.2, 0.25) is 0 Å². The molecule has 0 aliphatic carbocycles. The van der Waals surface area contributed by atoms with Crippen LogP contribution in [0.25, 0.3) is 0 Å². The lowest BCUT2D eigenvalue weighted by Gasteiger charge is -2.34. The summed E-state index contributed by atoms with van der Waals surface area (Å²) in [5.74, 6) is 1.97. The molecule has 1 aliphatic heterocycles. The number of carbonyl (C=O) groups excluding carboxylic acids is 1. The van der Waals surface area contributed by atoms with Crippen LogP contribution in [0.4, 0.5) is 0 Å². The monoisotopic (exact) mass is 370 g/mol. The van der Waals surface area contributed by atoms with Crippen molar-refractivity contribution in [2.45, 2.75) is 12.3 Å². The minimum absolute atomic E-state index is 0.150. The summed E-state index contributed by atoms with van der Waals surface area (Å²) in [6.07, 6.45) is 2.08. The molecule has 1 fully saturated rings. The van der Waals surface area contributed by atoms with Crippen LogP contribution < -0.4 is 4.74 Å².